The summed E-state index contributed by atoms with van der Waals surface area (Å²) >= 11 is 0. The summed E-state index contributed by atoms with van der Waals surface area (Å²) in [5, 5.41) is 31.3. The van der Waals surface area contributed by atoms with E-state index in [0.29, 0.717) is 16.9 Å². The van der Waals surface area contributed by atoms with Gasteiger partial charge in [-0.2, -0.15) is 0 Å². The smallest absolute Gasteiger partial charge is 0.295 e. The Morgan fingerprint density at radius 3 is 2.50 bits per heavy atom. The molecule has 1 fully saturated rings. The van der Waals surface area contributed by atoms with E-state index in [1.807, 2.05) is 0 Å². The maximum absolute atomic E-state index is 12.8. The van der Waals surface area contributed by atoms with Crippen LogP contribution in [0.15, 0.2) is 54.1 Å². The summed E-state index contributed by atoms with van der Waals surface area (Å²) in [6, 6.07) is 10.8. The number of hydrogen-bond donors (Lipinski definition) is 2. The largest absolute Gasteiger partial charge is 0.507 e. The van der Waals surface area contributed by atoms with Gasteiger partial charge >= 0.3 is 0 Å². The quantitative estimate of drug-likeness (QED) is 0.235. The van der Waals surface area contributed by atoms with Gasteiger partial charge in [-0.05, 0) is 36.2 Å². The minimum atomic E-state index is -1.02. The van der Waals surface area contributed by atoms with Crippen molar-refractivity contribution >= 4 is 23.1 Å². The number of rotatable bonds is 7. The van der Waals surface area contributed by atoms with E-state index in [1.165, 1.54) is 30.2 Å². The number of benzene rings is 2. The van der Waals surface area contributed by atoms with Crippen LogP contribution < -0.4 is 4.74 Å². The summed E-state index contributed by atoms with van der Waals surface area (Å²) in [6.45, 7) is -0.156. The number of amides is 1. The molecule has 2 aromatic carbocycles. The Labute approximate surface area is 172 Å². The lowest BCUT2D eigenvalue weighted by Crippen LogP contribution is -2.31. The average molecular weight is 412 g/mol. The fraction of sp³-hybridized carbons (Fsp3) is 0.238. The molecule has 1 amide bonds. The highest BCUT2D eigenvalue weighted by atomic mass is 16.6. The number of carbonyl (C=O) groups excluding carboxylic acids is 2. The molecule has 3 rings (SSSR count). The van der Waals surface area contributed by atoms with Crippen molar-refractivity contribution in [3.8, 4) is 5.75 Å². The Morgan fingerprint density at radius 1 is 1.20 bits per heavy atom. The maximum atomic E-state index is 12.8. The van der Waals surface area contributed by atoms with Crippen molar-refractivity contribution in [3.05, 3.63) is 75.3 Å². The maximum Gasteiger partial charge on any atom is 0.295 e. The van der Waals surface area contributed by atoms with Gasteiger partial charge in [-0.3, -0.25) is 19.7 Å². The molecule has 1 saturated heterocycles. The normalized spacial score (nSPS) is 17.9. The van der Waals surface area contributed by atoms with E-state index < -0.39 is 22.7 Å². The molecule has 156 valence electrons. The number of ether oxygens (including phenoxy) is 1. The number of nitro groups is 1. The number of Topliss-reactive ketones (excluding diaryl/α,β-unsaturated/α-hetero) is 1. The number of methoxy groups -OCH3 is 1. The Kier molecular flexibility index (Phi) is 6.12. The van der Waals surface area contributed by atoms with Gasteiger partial charge in [0, 0.05) is 30.8 Å². The monoisotopic (exact) mass is 412 g/mol. The van der Waals surface area contributed by atoms with Gasteiger partial charge in [0.25, 0.3) is 17.4 Å². The SMILES string of the molecule is COc1ccc(C(O)=C2C(=O)C(=O)N(CCCO)[C@H]2c2cccc([N+](=O)[O-])c2)cc1. The van der Waals surface area contributed by atoms with Gasteiger partial charge in [-0.25, -0.2) is 0 Å². The van der Waals surface area contributed by atoms with Gasteiger partial charge in [0.1, 0.15) is 11.5 Å². The third-order valence-corrected chi connectivity index (χ3v) is 4.86. The number of likely N-dealkylation sites (tertiary alicyclic amines) is 1. The Bertz CT molecular complexity index is 1010. The van der Waals surface area contributed by atoms with Gasteiger partial charge in [0.2, 0.25) is 0 Å². The number of nitrogens with zero attached hydrogens (tertiary/aromatic N) is 2. The number of carbonyl (C=O) groups is 2. The highest BCUT2D eigenvalue weighted by molar-refractivity contribution is 6.46. The lowest BCUT2D eigenvalue weighted by molar-refractivity contribution is -0.384. The molecule has 1 aliphatic heterocycles. The third-order valence-electron chi connectivity index (χ3n) is 4.86. The molecule has 0 bridgehead atoms. The highest BCUT2D eigenvalue weighted by Crippen LogP contribution is 2.40. The van der Waals surface area contributed by atoms with Crippen LogP contribution in [0.2, 0.25) is 0 Å². The van der Waals surface area contributed by atoms with E-state index in [4.69, 9.17) is 9.84 Å². The Balaban J connectivity index is 2.17. The molecule has 0 spiro atoms. The molecule has 30 heavy (non-hydrogen) atoms. The van der Waals surface area contributed by atoms with E-state index in [-0.39, 0.29) is 36.6 Å². The van der Waals surface area contributed by atoms with Crippen LogP contribution in [-0.4, -0.2) is 52.0 Å². The Hall–Kier alpha value is -3.72. The number of aliphatic hydroxyl groups excluding tert-OH is 2. The number of non-ortho nitro benzene ring substituents is 1. The van der Waals surface area contributed by atoms with Crippen LogP contribution in [0, 0.1) is 10.1 Å². The van der Waals surface area contributed by atoms with E-state index in [1.54, 1.807) is 30.3 Å². The first-order chi connectivity index (χ1) is 14.4. The highest BCUT2D eigenvalue weighted by Gasteiger charge is 2.46. The zero-order valence-electron chi connectivity index (χ0n) is 16.1. The summed E-state index contributed by atoms with van der Waals surface area (Å²) in [6.07, 6.45) is 0.209. The van der Waals surface area contributed by atoms with Gasteiger partial charge in [-0.15, -0.1) is 0 Å². The van der Waals surface area contributed by atoms with Crippen molar-refractivity contribution in [1.82, 2.24) is 4.90 Å². The molecule has 1 atom stereocenters. The molecule has 9 heteroatoms. The lowest BCUT2D eigenvalue weighted by Gasteiger charge is -2.25. The molecule has 1 aliphatic rings. The minimum absolute atomic E-state index is 0.0494. The first kappa shape index (κ1) is 21.0. The van der Waals surface area contributed by atoms with Gasteiger partial charge in [-0.1, -0.05) is 12.1 Å². The molecule has 2 N–H and O–H groups in total. The first-order valence-corrected chi connectivity index (χ1v) is 9.17. The first-order valence-electron chi connectivity index (χ1n) is 9.17. The Morgan fingerprint density at radius 2 is 1.90 bits per heavy atom. The van der Waals surface area contributed by atoms with Gasteiger partial charge in [0.15, 0.2) is 0 Å². The lowest BCUT2D eigenvalue weighted by atomic mass is 9.95. The second kappa shape index (κ2) is 8.75. The van der Waals surface area contributed by atoms with Crippen molar-refractivity contribution < 1.29 is 29.5 Å². The van der Waals surface area contributed by atoms with Crippen molar-refractivity contribution in [2.75, 3.05) is 20.3 Å². The number of ketones is 1. The van der Waals surface area contributed by atoms with Crippen LogP contribution in [0.4, 0.5) is 5.69 Å². The van der Waals surface area contributed by atoms with Crippen LogP contribution in [0.1, 0.15) is 23.6 Å². The predicted molar refractivity (Wildman–Crippen MR) is 107 cm³/mol. The molecule has 0 aromatic heterocycles. The standard InChI is InChI=1S/C21H20N2O7/c1-30-16-8-6-13(7-9-16)19(25)17-18(14-4-2-5-15(12-14)23(28)29)22(10-3-11-24)21(27)20(17)26/h2,4-9,12,18,24-25H,3,10-11H2,1H3/t18-/m0/s1. The zero-order valence-corrected chi connectivity index (χ0v) is 16.1. The molecule has 0 unspecified atom stereocenters. The van der Waals surface area contributed by atoms with Crippen LogP contribution in [0.25, 0.3) is 5.76 Å². The minimum Gasteiger partial charge on any atom is -0.507 e. The van der Waals surface area contributed by atoms with Gasteiger partial charge in [0.05, 0.1) is 23.6 Å². The van der Waals surface area contributed by atoms with Crippen LogP contribution in [0.3, 0.4) is 0 Å². The second-order valence-electron chi connectivity index (χ2n) is 6.65. The van der Waals surface area contributed by atoms with Crippen LogP contribution >= 0.6 is 0 Å². The summed E-state index contributed by atoms with van der Waals surface area (Å²) in [5.74, 6) is -1.57. The second-order valence-corrected chi connectivity index (χ2v) is 6.65. The summed E-state index contributed by atoms with van der Waals surface area (Å²) in [7, 11) is 1.49. The van der Waals surface area contributed by atoms with Crippen LogP contribution in [-0.2, 0) is 9.59 Å². The van der Waals surface area contributed by atoms with E-state index in [0.717, 1.165) is 0 Å². The van der Waals surface area contributed by atoms with Gasteiger partial charge < -0.3 is 19.8 Å². The molecule has 0 saturated carbocycles. The molecule has 0 aliphatic carbocycles. The fourth-order valence-corrected chi connectivity index (χ4v) is 3.41. The average Bonchev–Trinajstić information content (AvgIpc) is 3.02. The van der Waals surface area contributed by atoms with E-state index >= 15 is 0 Å². The van der Waals surface area contributed by atoms with Crippen LogP contribution in [0.5, 0.6) is 5.75 Å². The number of nitro benzene ring substituents is 1. The molecule has 9 nitrogen and oxygen atoms in total. The summed E-state index contributed by atoms with van der Waals surface area (Å²) in [5.41, 5.74) is 0.246. The number of hydrogen-bond acceptors (Lipinski definition) is 7. The third kappa shape index (κ3) is 3.87. The topological polar surface area (TPSA) is 130 Å². The summed E-state index contributed by atoms with van der Waals surface area (Å²) in [4.78, 5) is 37.3. The molecule has 2 aromatic rings. The van der Waals surface area contributed by atoms with E-state index in [9.17, 15) is 24.8 Å². The van der Waals surface area contributed by atoms with Crippen molar-refractivity contribution in [3.63, 3.8) is 0 Å². The zero-order chi connectivity index (χ0) is 21.8. The predicted octanol–water partition coefficient (Wildman–Crippen LogP) is 2.41. The van der Waals surface area contributed by atoms with Crippen molar-refractivity contribution in [2.24, 2.45) is 0 Å². The molecular weight excluding hydrogens is 392 g/mol. The van der Waals surface area contributed by atoms with E-state index in [2.05, 4.69) is 0 Å². The molecule has 1 heterocycles. The van der Waals surface area contributed by atoms with Crippen molar-refractivity contribution in [2.45, 2.75) is 12.5 Å². The number of aliphatic hydroxyl groups is 2. The fourth-order valence-electron chi connectivity index (χ4n) is 3.41. The molecular formula is C21H20N2O7. The molecule has 0 radical (unpaired) electrons. The van der Waals surface area contributed by atoms with Crippen molar-refractivity contribution in [1.29, 1.82) is 0 Å². The summed E-state index contributed by atoms with van der Waals surface area (Å²) < 4.78 is 5.09.